The molecule has 6 heteroatoms. The summed E-state index contributed by atoms with van der Waals surface area (Å²) in [6.45, 7) is 4.38. The Morgan fingerprint density at radius 1 is 1.13 bits per heavy atom. The van der Waals surface area contributed by atoms with Crippen LogP contribution >= 0.6 is 0 Å². The number of benzene rings is 2. The Labute approximate surface area is 174 Å². The third-order valence-electron chi connectivity index (χ3n) is 6.81. The number of fused-ring (bicyclic) bond motifs is 2. The highest BCUT2D eigenvalue weighted by atomic mass is 19.4. The molecule has 0 saturated heterocycles. The molecule has 1 fully saturated rings. The van der Waals surface area contributed by atoms with Gasteiger partial charge in [-0.25, -0.2) is 0 Å². The van der Waals surface area contributed by atoms with Crippen LogP contribution in [-0.4, -0.2) is 12.5 Å². The van der Waals surface area contributed by atoms with Gasteiger partial charge in [0.05, 0.1) is 12.2 Å². The molecular formula is C24H26F3NO2. The van der Waals surface area contributed by atoms with Gasteiger partial charge in [-0.05, 0) is 62.8 Å². The first kappa shape index (κ1) is 20.8. The molecule has 1 spiro atoms. The maximum absolute atomic E-state index is 13.0. The maximum Gasteiger partial charge on any atom is 0.416 e. The van der Waals surface area contributed by atoms with E-state index in [-0.39, 0.29) is 23.2 Å². The largest absolute Gasteiger partial charge is 0.492 e. The van der Waals surface area contributed by atoms with Gasteiger partial charge in [0.1, 0.15) is 5.75 Å². The second-order valence-electron chi connectivity index (χ2n) is 8.76. The molecule has 160 valence electrons. The molecule has 2 aromatic rings. The lowest BCUT2D eigenvalue weighted by atomic mass is 9.65. The first-order valence-electron chi connectivity index (χ1n) is 10.4. The monoisotopic (exact) mass is 417 g/mol. The van der Waals surface area contributed by atoms with Gasteiger partial charge in [0, 0.05) is 22.6 Å². The molecular weight excluding hydrogens is 391 g/mol. The van der Waals surface area contributed by atoms with Crippen molar-refractivity contribution < 1.29 is 22.7 Å². The van der Waals surface area contributed by atoms with Gasteiger partial charge in [0.15, 0.2) is 0 Å². The molecule has 3 nitrogen and oxygen atoms in total. The highest BCUT2D eigenvalue weighted by molar-refractivity contribution is 5.92. The number of ether oxygens (including phenoxy) is 1. The van der Waals surface area contributed by atoms with E-state index < -0.39 is 11.7 Å². The van der Waals surface area contributed by atoms with Gasteiger partial charge in [-0.1, -0.05) is 30.7 Å². The third kappa shape index (κ3) is 3.92. The Balaban J connectivity index is 1.41. The van der Waals surface area contributed by atoms with Crippen molar-refractivity contribution >= 4 is 11.6 Å². The molecule has 1 atom stereocenters. The van der Waals surface area contributed by atoms with Crippen LogP contribution in [0.3, 0.4) is 0 Å². The molecule has 30 heavy (non-hydrogen) atoms. The highest BCUT2D eigenvalue weighted by Gasteiger charge is 2.45. The number of carbonyl (C=O) groups is 1. The van der Waals surface area contributed by atoms with E-state index in [1.807, 2.05) is 38.1 Å². The molecule has 0 aromatic heterocycles. The van der Waals surface area contributed by atoms with E-state index in [9.17, 15) is 18.0 Å². The van der Waals surface area contributed by atoms with Crippen molar-refractivity contribution in [2.24, 2.45) is 11.8 Å². The number of hydrogen-bond acceptors (Lipinski definition) is 2. The number of alkyl halides is 3. The van der Waals surface area contributed by atoms with Gasteiger partial charge < -0.3 is 10.1 Å². The van der Waals surface area contributed by atoms with Crippen LogP contribution in [0.2, 0.25) is 0 Å². The van der Waals surface area contributed by atoms with Crippen LogP contribution in [0.5, 0.6) is 5.75 Å². The Bertz CT molecular complexity index is 928. The van der Waals surface area contributed by atoms with Gasteiger partial charge >= 0.3 is 6.18 Å². The first-order valence-corrected chi connectivity index (χ1v) is 10.4. The number of aryl methyl sites for hydroxylation is 1. The molecule has 0 bridgehead atoms. The normalized spacial score (nSPS) is 24.2. The Morgan fingerprint density at radius 3 is 2.43 bits per heavy atom. The van der Waals surface area contributed by atoms with Crippen LogP contribution in [-0.2, 0) is 16.4 Å². The number of carbonyl (C=O) groups excluding carboxylic acids is 1. The van der Waals surface area contributed by atoms with Crippen molar-refractivity contribution in [3.63, 3.8) is 0 Å². The number of rotatable bonds is 3. The van der Waals surface area contributed by atoms with Crippen molar-refractivity contribution in [2.45, 2.75) is 51.1 Å². The lowest BCUT2D eigenvalue weighted by Crippen LogP contribution is -2.37. The van der Waals surface area contributed by atoms with Crippen molar-refractivity contribution in [3.05, 3.63) is 59.2 Å². The van der Waals surface area contributed by atoms with Crippen molar-refractivity contribution in [1.29, 1.82) is 0 Å². The van der Waals surface area contributed by atoms with E-state index in [1.165, 1.54) is 0 Å². The standard InChI is InChI=1S/C24H26F3NO2/c1-15-3-6-19(7-4-15)28-22(29)16(2)17-9-11-23(12-10-17)14-30-21-13-18(24(25,26)27)5-8-20(21)23/h3-8,13,16-17H,9-12,14H2,1-2H3,(H,28,29)/t16-,17?,23?/m0/s1. The Hall–Kier alpha value is -2.50. The Kier molecular flexibility index (Phi) is 5.28. The summed E-state index contributed by atoms with van der Waals surface area (Å²) in [5.74, 6) is 0.490. The summed E-state index contributed by atoms with van der Waals surface area (Å²) in [7, 11) is 0. The third-order valence-corrected chi connectivity index (χ3v) is 6.81. The minimum absolute atomic E-state index is 0.0118. The maximum atomic E-state index is 13.0. The van der Waals surface area contributed by atoms with Gasteiger partial charge in [-0.15, -0.1) is 0 Å². The second-order valence-corrected chi connectivity index (χ2v) is 8.76. The average Bonchev–Trinajstić information content (AvgIpc) is 3.07. The fourth-order valence-corrected chi connectivity index (χ4v) is 4.76. The molecule has 1 saturated carbocycles. The van der Waals surface area contributed by atoms with Gasteiger partial charge in [0.25, 0.3) is 0 Å². The molecule has 1 amide bonds. The molecule has 1 N–H and O–H groups in total. The summed E-state index contributed by atoms with van der Waals surface area (Å²) < 4.78 is 44.6. The second kappa shape index (κ2) is 7.64. The zero-order valence-corrected chi connectivity index (χ0v) is 17.2. The van der Waals surface area contributed by atoms with E-state index in [4.69, 9.17) is 4.74 Å². The average molecular weight is 417 g/mol. The molecule has 0 radical (unpaired) electrons. The number of halogens is 3. The zero-order chi connectivity index (χ0) is 21.5. The predicted octanol–water partition coefficient (Wildman–Crippen LogP) is 6.11. The summed E-state index contributed by atoms with van der Waals surface area (Å²) >= 11 is 0. The highest BCUT2D eigenvalue weighted by Crippen LogP contribution is 2.51. The van der Waals surface area contributed by atoms with E-state index >= 15 is 0 Å². The van der Waals surface area contributed by atoms with Gasteiger partial charge in [0.2, 0.25) is 5.91 Å². The minimum Gasteiger partial charge on any atom is -0.492 e. The van der Waals surface area contributed by atoms with Crippen LogP contribution < -0.4 is 10.1 Å². The predicted molar refractivity (Wildman–Crippen MR) is 110 cm³/mol. The lowest BCUT2D eigenvalue weighted by Gasteiger charge is -2.38. The molecule has 2 aliphatic rings. The fraction of sp³-hybridized carbons (Fsp3) is 0.458. The smallest absolute Gasteiger partial charge is 0.416 e. The summed E-state index contributed by atoms with van der Waals surface area (Å²) in [4.78, 5) is 12.7. The van der Waals surface area contributed by atoms with E-state index in [0.717, 1.165) is 54.6 Å². The van der Waals surface area contributed by atoms with E-state index in [2.05, 4.69) is 5.32 Å². The lowest BCUT2D eigenvalue weighted by molar-refractivity contribution is -0.137. The number of hydrogen-bond donors (Lipinski definition) is 1. The molecule has 2 aromatic carbocycles. The topological polar surface area (TPSA) is 38.3 Å². The van der Waals surface area contributed by atoms with Crippen LogP contribution in [0.4, 0.5) is 18.9 Å². The summed E-state index contributed by atoms with van der Waals surface area (Å²) in [5.41, 5.74) is 1.91. The number of anilines is 1. The summed E-state index contributed by atoms with van der Waals surface area (Å²) in [6.07, 6.45) is -1.03. The summed E-state index contributed by atoms with van der Waals surface area (Å²) in [5, 5.41) is 2.99. The van der Waals surface area contributed by atoms with Gasteiger partial charge in [-0.3, -0.25) is 4.79 Å². The van der Waals surface area contributed by atoms with Crippen LogP contribution in [0.25, 0.3) is 0 Å². The molecule has 1 aliphatic carbocycles. The van der Waals surface area contributed by atoms with Crippen LogP contribution in [0, 0.1) is 18.8 Å². The quantitative estimate of drug-likeness (QED) is 0.654. The molecule has 1 heterocycles. The fourth-order valence-electron chi connectivity index (χ4n) is 4.76. The molecule has 4 rings (SSSR count). The molecule has 1 aliphatic heterocycles. The molecule has 0 unspecified atom stereocenters. The Morgan fingerprint density at radius 2 is 1.80 bits per heavy atom. The minimum atomic E-state index is -4.37. The number of amides is 1. The zero-order valence-electron chi connectivity index (χ0n) is 17.2. The summed E-state index contributed by atoms with van der Waals surface area (Å²) in [6, 6.07) is 11.6. The first-order chi connectivity index (χ1) is 14.2. The van der Waals surface area contributed by atoms with Crippen molar-refractivity contribution in [1.82, 2.24) is 0 Å². The van der Waals surface area contributed by atoms with Crippen LogP contribution in [0.1, 0.15) is 49.3 Å². The van der Waals surface area contributed by atoms with E-state index in [1.54, 1.807) is 6.07 Å². The van der Waals surface area contributed by atoms with Crippen LogP contribution in [0.15, 0.2) is 42.5 Å². The number of nitrogens with one attached hydrogen (secondary N) is 1. The van der Waals surface area contributed by atoms with Crippen molar-refractivity contribution in [2.75, 3.05) is 11.9 Å². The van der Waals surface area contributed by atoms with Crippen molar-refractivity contribution in [3.8, 4) is 5.75 Å². The van der Waals surface area contributed by atoms with Gasteiger partial charge in [-0.2, -0.15) is 13.2 Å². The SMILES string of the molecule is Cc1ccc(NC(=O)[C@@H](C)C2CCC3(CC2)COc2cc(C(F)(F)F)ccc23)cc1. The van der Waals surface area contributed by atoms with E-state index in [0.29, 0.717) is 12.4 Å².